The minimum atomic E-state index is -0.652. The number of Topliss-reactive ketones (excluding diaryl/α,β-unsaturated/α-hetero) is 1. The van der Waals surface area contributed by atoms with Crippen LogP contribution in [0.25, 0.3) is 0 Å². The molecule has 1 atom stereocenters. The van der Waals surface area contributed by atoms with Crippen molar-refractivity contribution in [2.24, 2.45) is 5.92 Å². The molecule has 0 heterocycles. The average molecular weight is 180 g/mol. The van der Waals surface area contributed by atoms with E-state index in [-0.39, 0.29) is 11.7 Å². The molecule has 1 aliphatic carbocycles. The van der Waals surface area contributed by atoms with Crippen molar-refractivity contribution in [1.29, 1.82) is 0 Å². The molecule has 1 unspecified atom stereocenters. The van der Waals surface area contributed by atoms with Gasteiger partial charge >= 0.3 is 0 Å². The van der Waals surface area contributed by atoms with Gasteiger partial charge in [0.25, 0.3) is 0 Å². The van der Waals surface area contributed by atoms with Crippen LogP contribution in [0.1, 0.15) is 22.8 Å². The first-order valence-electron chi connectivity index (χ1n) is 4.15. The number of hydrogen-bond donors (Lipinski definition) is 1. The molecule has 0 spiro atoms. The van der Waals surface area contributed by atoms with Crippen LogP contribution in [-0.4, -0.2) is 10.9 Å². The van der Waals surface area contributed by atoms with Gasteiger partial charge in [-0.1, -0.05) is 6.92 Å². The van der Waals surface area contributed by atoms with Crippen LogP contribution in [0.4, 0.5) is 4.39 Å². The first kappa shape index (κ1) is 8.23. The quantitative estimate of drug-likeness (QED) is 0.662. The van der Waals surface area contributed by atoms with Gasteiger partial charge in [0.1, 0.15) is 0 Å². The minimum absolute atomic E-state index is 0.00898. The number of phenols is 1. The lowest BCUT2D eigenvalue weighted by Gasteiger charge is -1.99. The van der Waals surface area contributed by atoms with Crippen LogP contribution in [0.2, 0.25) is 0 Å². The van der Waals surface area contributed by atoms with E-state index in [4.69, 9.17) is 5.11 Å². The third-order valence-corrected chi connectivity index (χ3v) is 2.41. The summed E-state index contributed by atoms with van der Waals surface area (Å²) in [5.74, 6) is -1.19. The van der Waals surface area contributed by atoms with Crippen LogP contribution in [0.5, 0.6) is 5.75 Å². The summed E-state index contributed by atoms with van der Waals surface area (Å²) in [5.41, 5.74) is 1.17. The fourth-order valence-corrected chi connectivity index (χ4v) is 1.69. The molecule has 68 valence electrons. The van der Waals surface area contributed by atoms with Gasteiger partial charge in [-0.3, -0.25) is 4.79 Å². The third-order valence-electron chi connectivity index (χ3n) is 2.41. The van der Waals surface area contributed by atoms with E-state index in [9.17, 15) is 9.18 Å². The maximum absolute atomic E-state index is 12.9. The maximum Gasteiger partial charge on any atom is 0.166 e. The maximum atomic E-state index is 12.9. The Morgan fingerprint density at radius 1 is 1.54 bits per heavy atom. The fraction of sp³-hybridized carbons (Fsp3) is 0.300. The molecule has 2 nitrogen and oxygen atoms in total. The molecular formula is C10H9FO2. The molecule has 13 heavy (non-hydrogen) atoms. The zero-order valence-electron chi connectivity index (χ0n) is 7.17. The predicted molar refractivity (Wildman–Crippen MR) is 45.3 cm³/mol. The van der Waals surface area contributed by atoms with Gasteiger partial charge in [0.15, 0.2) is 17.3 Å². The third kappa shape index (κ3) is 1.11. The highest BCUT2D eigenvalue weighted by Gasteiger charge is 2.28. The molecule has 0 saturated heterocycles. The summed E-state index contributed by atoms with van der Waals surface area (Å²) < 4.78 is 12.9. The van der Waals surface area contributed by atoms with Crippen molar-refractivity contribution in [3.63, 3.8) is 0 Å². The number of halogens is 1. The Morgan fingerprint density at radius 2 is 2.23 bits per heavy atom. The van der Waals surface area contributed by atoms with Gasteiger partial charge in [0.05, 0.1) is 0 Å². The molecular weight excluding hydrogens is 171 g/mol. The van der Waals surface area contributed by atoms with Crippen molar-refractivity contribution >= 4 is 5.78 Å². The summed E-state index contributed by atoms with van der Waals surface area (Å²) in [4.78, 5) is 11.4. The van der Waals surface area contributed by atoms with Crippen molar-refractivity contribution in [3.05, 3.63) is 29.1 Å². The van der Waals surface area contributed by atoms with Gasteiger partial charge in [-0.2, -0.15) is 0 Å². The summed E-state index contributed by atoms with van der Waals surface area (Å²) >= 11 is 0. The van der Waals surface area contributed by atoms with E-state index in [0.717, 1.165) is 0 Å². The monoisotopic (exact) mass is 180 g/mol. The Kier molecular flexibility index (Phi) is 1.62. The van der Waals surface area contributed by atoms with Crippen LogP contribution >= 0.6 is 0 Å². The smallest absolute Gasteiger partial charge is 0.166 e. The van der Waals surface area contributed by atoms with E-state index < -0.39 is 11.6 Å². The number of aromatic hydroxyl groups is 1. The van der Waals surface area contributed by atoms with Crippen LogP contribution < -0.4 is 0 Å². The number of fused-ring (bicyclic) bond motifs is 1. The molecule has 1 aliphatic rings. The molecule has 0 amide bonds. The van der Waals surface area contributed by atoms with E-state index in [0.29, 0.717) is 17.5 Å². The lowest BCUT2D eigenvalue weighted by molar-refractivity contribution is 0.0946. The Bertz CT molecular complexity index is 385. The molecule has 0 fully saturated rings. The van der Waals surface area contributed by atoms with Crippen molar-refractivity contribution < 1.29 is 14.3 Å². The summed E-state index contributed by atoms with van der Waals surface area (Å²) in [5, 5.41) is 9.06. The van der Waals surface area contributed by atoms with Crippen LogP contribution in [0.15, 0.2) is 12.1 Å². The van der Waals surface area contributed by atoms with E-state index in [2.05, 4.69) is 0 Å². The second kappa shape index (κ2) is 2.55. The number of carbonyl (C=O) groups excluding carboxylic acids is 1. The minimum Gasteiger partial charge on any atom is -0.505 e. The number of rotatable bonds is 0. The number of benzene rings is 1. The topological polar surface area (TPSA) is 37.3 Å². The number of carbonyl (C=O) groups is 1. The normalized spacial score (nSPS) is 20.5. The Labute approximate surface area is 75.0 Å². The van der Waals surface area contributed by atoms with Gasteiger partial charge < -0.3 is 5.11 Å². The molecule has 1 aromatic carbocycles. The zero-order chi connectivity index (χ0) is 9.59. The van der Waals surface area contributed by atoms with E-state index in [1.807, 2.05) is 0 Å². The average Bonchev–Trinajstić information content (AvgIpc) is 2.32. The Balaban J connectivity index is 2.59. The second-order valence-corrected chi connectivity index (χ2v) is 3.43. The van der Waals surface area contributed by atoms with Crippen LogP contribution in [0, 0.1) is 11.7 Å². The number of ketones is 1. The number of hydrogen-bond acceptors (Lipinski definition) is 2. The van der Waals surface area contributed by atoms with Gasteiger partial charge in [-0.05, 0) is 24.1 Å². The van der Waals surface area contributed by atoms with Crippen molar-refractivity contribution in [2.45, 2.75) is 13.3 Å². The summed E-state index contributed by atoms with van der Waals surface area (Å²) in [6.45, 7) is 1.80. The van der Waals surface area contributed by atoms with E-state index >= 15 is 0 Å². The lowest BCUT2D eigenvalue weighted by Crippen LogP contribution is -2.02. The molecule has 0 aliphatic heterocycles. The second-order valence-electron chi connectivity index (χ2n) is 3.43. The van der Waals surface area contributed by atoms with Crippen LogP contribution in [0.3, 0.4) is 0 Å². The first-order chi connectivity index (χ1) is 6.09. The molecule has 3 heteroatoms. The molecule has 1 aromatic rings. The van der Waals surface area contributed by atoms with Crippen molar-refractivity contribution in [2.75, 3.05) is 0 Å². The molecule has 0 saturated carbocycles. The molecule has 1 N–H and O–H groups in total. The summed E-state index contributed by atoms with van der Waals surface area (Å²) in [7, 11) is 0. The highest BCUT2D eigenvalue weighted by atomic mass is 19.1. The lowest BCUT2D eigenvalue weighted by atomic mass is 10.1. The fourth-order valence-electron chi connectivity index (χ4n) is 1.69. The number of phenolic OH excluding ortho intramolecular Hbond substituents is 1. The van der Waals surface area contributed by atoms with E-state index in [1.165, 1.54) is 12.1 Å². The van der Waals surface area contributed by atoms with Gasteiger partial charge in [0, 0.05) is 11.5 Å². The van der Waals surface area contributed by atoms with Crippen molar-refractivity contribution in [3.8, 4) is 5.75 Å². The Morgan fingerprint density at radius 3 is 2.92 bits per heavy atom. The Hall–Kier alpha value is -1.38. The molecule has 0 bridgehead atoms. The van der Waals surface area contributed by atoms with Crippen LogP contribution in [-0.2, 0) is 6.42 Å². The van der Waals surface area contributed by atoms with Gasteiger partial charge in [0.2, 0.25) is 0 Å². The highest BCUT2D eigenvalue weighted by Crippen LogP contribution is 2.30. The summed E-state index contributed by atoms with van der Waals surface area (Å²) in [6, 6.07) is 2.46. The van der Waals surface area contributed by atoms with Crippen molar-refractivity contribution in [1.82, 2.24) is 0 Å². The van der Waals surface area contributed by atoms with E-state index in [1.54, 1.807) is 6.92 Å². The summed E-state index contributed by atoms with van der Waals surface area (Å²) in [6.07, 6.45) is 0.575. The SMILES string of the molecule is CC1Cc2cc(F)c(O)cc2C1=O. The molecule has 2 rings (SSSR count). The predicted octanol–water partition coefficient (Wildman–Crippen LogP) is 1.91. The first-order valence-corrected chi connectivity index (χ1v) is 4.15. The standard InChI is InChI=1S/C10H9FO2/c1-5-2-6-3-8(11)9(12)4-7(6)10(5)13/h3-5,12H,2H2,1H3. The molecule has 0 radical (unpaired) electrons. The highest BCUT2D eigenvalue weighted by molar-refractivity contribution is 6.02. The zero-order valence-corrected chi connectivity index (χ0v) is 7.17. The molecule has 0 aromatic heterocycles. The van der Waals surface area contributed by atoms with Gasteiger partial charge in [-0.25, -0.2) is 4.39 Å². The largest absolute Gasteiger partial charge is 0.505 e. The van der Waals surface area contributed by atoms with Gasteiger partial charge in [-0.15, -0.1) is 0 Å².